The number of hydrogen-bond acceptors (Lipinski definition) is 5. The van der Waals surface area contributed by atoms with Crippen LogP contribution in [0.15, 0.2) is 24.4 Å². The lowest BCUT2D eigenvalue weighted by Gasteiger charge is -2.28. The summed E-state index contributed by atoms with van der Waals surface area (Å²) in [4.78, 5) is 21.9. The normalized spacial score (nSPS) is 14.3. The van der Waals surface area contributed by atoms with Crippen molar-refractivity contribution in [2.24, 2.45) is 12.5 Å². The number of aromatic nitrogens is 5. The number of aryl methyl sites for hydroxylation is 1. The lowest BCUT2D eigenvalue weighted by Crippen LogP contribution is -2.24. The molecule has 30 heavy (non-hydrogen) atoms. The van der Waals surface area contributed by atoms with Crippen LogP contribution in [0.3, 0.4) is 0 Å². The van der Waals surface area contributed by atoms with Gasteiger partial charge in [0, 0.05) is 31.8 Å². The van der Waals surface area contributed by atoms with Crippen molar-refractivity contribution in [1.82, 2.24) is 24.3 Å². The lowest BCUT2D eigenvalue weighted by atomic mass is 9.92. The van der Waals surface area contributed by atoms with Crippen molar-refractivity contribution < 1.29 is 9.53 Å². The number of nitrogens with one attached hydrogen (secondary N) is 1. The van der Waals surface area contributed by atoms with Gasteiger partial charge in [-0.15, -0.1) is 0 Å². The van der Waals surface area contributed by atoms with Gasteiger partial charge in [-0.1, -0.05) is 28.2 Å². The standard InChI is InChI=1S/C21H28N6O2.CH4/c1-21(2,3)12-17(28)24-20-23-16-8-9-18(29-13-15-10-11-22-26(15)4)25-19(16)27(20)14-6-5-7-14;/h8-11,14H,5-7,12-13H2,1-4H3,(H,23,24,28);1H4. The molecule has 162 valence electrons. The van der Waals surface area contributed by atoms with Crippen LogP contribution in [0.5, 0.6) is 5.88 Å². The van der Waals surface area contributed by atoms with Crippen LogP contribution in [0.1, 0.15) is 65.6 Å². The van der Waals surface area contributed by atoms with Crippen molar-refractivity contribution in [3.63, 3.8) is 0 Å². The van der Waals surface area contributed by atoms with E-state index < -0.39 is 0 Å². The Balaban J connectivity index is 0.00000256. The fraction of sp³-hybridized carbons (Fsp3) is 0.545. The van der Waals surface area contributed by atoms with Crippen LogP contribution >= 0.6 is 0 Å². The molecule has 1 saturated carbocycles. The van der Waals surface area contributed by atoms with Crippen molar-refractivity contribution in [3.05, 3.63) is 30.1 Å². The Bertz CT molecular complexity index is 1030. The fourth-order valence-corrected chi connectivity index (χ4v) is 3.46. The number of imidazole rings is 1. The first-order chi connectivity index (χ1) is 13.8. The Hall–Kier alpha value is -2.90. The molecule has 3 aromatic heterocycles. The van der Waals surface area contributed by atoms with Gasteiger partial charge in [-0.2, -0.15) is 10.1 Å². The number of rotatable bonds is 6. The summed E-state index contributed by atoms with van der Waals surface area (Å²) in [6.45, 7) is 6.54. The van der Waals surface area contributed by atoms with Crippen molar-refractivity contribution in [2.45, 2.75) is 66.5 Å². The molecule has 0 bridgehead atoms. The molecule has 3 heterocycles. The van der Waals surface area contributed by atoms with Crippen LogP contribution < -0.4 is 10.1 Å². The summed E-state index contributed by atoms with van der Waals surface area (Å²) < 4.78 is 9.73. The van der Waals surface area contributed by atoms with Crippen LogP contribution in [-0.2, 0) is 18.4 Å². The van der Waals surface area contributed by atoms with E-state index in [-0.39, 0.29) is 18.7 Å². The summed E-state index contributed by atoms with van der Waals surface area (Å²) in [7, 11) is 1.88. The number of carbonyl (C=O) groups excluding carboxylic acids is 1. The molecule has 0 spiro atoms. The maximum absolute atomic E-state index is 12.5. The third-order valence-corrected chi connectivity index (χ3v) is 5.18. The number of anilines is 1. The summed E-state index contributed by atoms with van der Waals surface area (Å²) in [5, 5.41) is 7.16. The summed E-state index contributed by atoms with van der Waals surface area (Å²) >= 11 is 0. The number of fused-ring (bicyclic) bond motifs is 1. The van der Waals surface area contributed by atoms with E-state index in [1.54, 1.807) is 10.9 Å². The maximum atomic E-state index is 12.5. The van der Waals surface area contributed by atoms with E-state index >= 15 is 0 Å². The zero-order valence-electron chi connectivity index (χ0n) is 17.5. The minimum Gasteiger partial charge on any atom is -0.471 e. The maximum Gasteiger partial charge on any atom is 0.227 e. The Kier molecular flexibility index (Phi) is 6.14. The predicted molar refractivity (Wildman–Crippen MR) is 117 cm³/mol. The molecule has 0 saturated heterocycles. The molecule has 8 nitrogen and oxygen atoms in total. The van der Waals surface area contributed by atoms with Crippen LogP contribution in [0.2, 0.25) is 0 Å². The summed E-state index contributed by atoms with van der Waals surface area (Å²) in [6.07, 6.45) is 5.49. The van der Waals surface area contributed by atoms with Crippen molar-refractivity contribution in [2.75, 3.05) is 5.32 Å². The van der Waals surface area contributed by atoms with E-state index in [0.717, 1.165) is 29.7 Å². The number of carbonyl (C=O) groups is 1. The number of amides is 1. The SMILES string of the molecule is C.Cn1nccc1COc1ccc2nc(NC(=O)CC(C)(C)C)n(C3CCC3)c2n1. The zero-order chi connectivity index (χ0) is 20.6. The van der Waals surface area contributed by atoms with Gasteiger partial charge in [-0.25, -0.2) is 4.98 Å². The number of pyridine rings is 1. The van der Waals surface area contributed by atoms with Crippen LogP contribution in [0.4, 0.5) is 5.95 Å². The summed E-state index contributed by atoms with van der Waals surface area (Å²) in [5.74, 6) is 1.09. The molecule has 0 aliphatic heterocycles. The van der Waals surface area contributed by atoms with Crippen molar-refractivity contribution in [3.8, 4) is 5.88 Å². The average molecular weight is 413 g/mol. The van der Waals surface area contributed by atoms with Gasteiger partial charge in [0.2, 0.25) is 17.7 Å². The molecule has 1 aliphatic rings. The Labute approximate surface area is 177 Å². The van der Waals surface area contributed by atoms with Gasteiger partial charge in [-0.05, 0) is 36.8 Å². The highest BCUT2D eigenvalue weighted by Gasteiger charge is 2.27. The minimum absolute atomic E-state index is 0. The van der Waals surface area contributed by atoms with Gasteiger partial charge in [0.25, 0.3) is 0 Å². The van der Waals surface area contributed by atoms with E-state index in [1.807, 2.05) is 25.2 Å². The first kappa shape index (κ1) is 21.8. The minimum atomic E-state index is -0.0809. The largest absolute Gasteiger partial charge is 0.471 e. The highest BCUT2D eigenvalue weighted by Crippen LogP contribution is 2.37. The molecule has 0 radical (unpaired) electrons. The molecular formula is C22H32N6O2. The van der Waals surface area contributed by atoms with E-state index in [4.69, 9.17) is 9.72 Å². The molecule has 1 fully saturated rings. The second kappa shape index (κ2) is 8.45. The van der Waals surface area contributed by atoms with E-state index in [9.17, 15) is 4.79 Å². The number of hydrogen-bond donors (Lipinski definition) is 1. The third-order valence-electron chi connectivity index (χ3n) is 5.18. The summed E-state index contributed by atoms with van der Waals surface area (Å²) in [6, 6.07) is 5.94. The van der Waals surface area contributed by atoms with Gasteiger partial charge in [0.05, 0.1) is 5.69 Å². The molecule has 0 atom stereocenters. The van der Waals surface area contributed by atoms with Gasteiger partial charge in [-0.3, -0.25) is 19.4 Å². The highest BCUT2D eigenvalue weighted by molar-refractivity contribution is 5.91. The monoisotopic (exact) mass is 412 g/mol. The average Bonchev–Trinajstić information content (AvgIpc) is 3.14. The van der Waals surface area contributed by atoms with Gasteiger partial charge in [0.1, 0.15) is 12.1 Å². The molecule has 3 aromatic rings. The molecule has 1 aliphatic carbocycles. The van der Waals surface area contributed by atoms with Gasteiger partial charge in [0.15, 0.2) is 5.65 Å². The van der Waals surface area contributed by atoms with E-state index in [2.05, 4.69) is 40.7 Å². The number of ether oxygens (including phenoxy) is 1. The molecule has 1 amide bonds. The highest BCUT2D eigenvalue weighted by atomic mass is 16.5. The van der Waals surface area contributed by atoms with Crippen LogP contribution in [0.25, 0.3) is 11.2 Å². The fourth-order valence-electron chi connectivity index (χ4n) is 3.46. The number of nitrogens with zero attached hydrogens (tertiary/aromatic N) is 5. The topological polar surface area (TPSA) is 86.9 Å². The van der Waals surface area contributed by atoms with Crippen LogP contribution in [-0.4, -0.2) is 30.2 Å². The Morgan fingerprint density at radius 3 is 2.60 bits per heavy atom. The quantitative estimate of drug-likeness (QED) is 0.645. The molecule has 0 aromatic carbocycles. The summed E-state index contributed by atoms with van der Waals surface area (Å²) in [5.41, 5.74) is 2.40. The van der Waals surface area contributed by atoms with E-state index in [1.165, 1.54) is 6.42 Å². The van der Waals surface area contributed by atoms with Gasteiger partial charge >= 0.3 is 0 Å². The first-order valence-corrected chi connectivity index (χ1v) is 10.1. The predicted octanol–water partition coefficient (Wildman–Crippen LogP) is 4.48. The smallest absolute Gasteiger partial charge is 0.227 e. The zero-order valence-corrected chi connectivity index (χ0v) is 17.5. The van der Waals surface area contributed by atoms with Crippen molar-refractivity contribution in [1.29, 1.82) is 0 Å². The second-order valence-electron chi connectivity index (χ2n) is 8.90. The van der Waals surface area contributed by atoms with Gasteiger partial charge < -0.3 is 4.74 Å². The van der Waals surface area contributed by atoms with E-state index in [0.29, 0.717) is 30.9 Å². The molecular weight excluding hydrogens is 380 g/mol. The first-order valence-electron chi connectivity index (χ1n) is 10.1. The lowest BCUT2D eigenvalue weighted by molar-refractivity contribution is -0.117. The Morgan fingerprint density at radius 2 is 2.00 bits per heavy atom. The molecule has 8 heteroatoms. The molecule has 4 rings (SSSR count). The Morgan fingerprint density at radius 1 is 1.23 bits per heavy atom. The van der Waals surface area contributed by atoms with Crippen molar-refractivity contribution >= 4 is 23.0 Å². The molecule has 0 unspecified atom stereocenters. The third kappa shape index (κ3) is 4.63. The second-order valence-corrected chi connectivity index (χ2v) is 8.90. The molecule has 1 N–H and O–H groups in total. The van der Waals surface area contributed by atoms with Crippen LogP contribution in [0, 0.1) is 5.41 Å².